The molecule has 10 heteroatoms. The predicted molar refractivity (Wildman–Crippen MR) is 95.1 cm³/mol. The molecule has 25 heavy (non-hydrogen) atoms. The average Bonchev–Trinajstić information content (AvgIpc) is 2.64. The van der Waals surface area contributed by atoms with Gasteiger partial charge in [0, 0.05) is 62.2 Å². The number of aliphatic hydroxyl groups excluding tert-OH is 1. The van der Waals surface area contributed by atoms with Crippen molar-refractivity contribution in [1.29, 1.82) is 0 Å². The summed E-state index contributed by atoms with van der Waals surface area (Å²) in [7, 11) is 0. The molecule has 2 rings (SSSR count). The molecule has 134 valence electrons. The molecule has 0 aliphatic carbocycles. The Balaban J connectivity index is 0.00000312. The number of nitrogens with zero attached hydrogens (tertiary/aromatic N) is 3. The van der Waals surface area contributed by atoms with Gasteiger partial charge in [-0.25, -0.2) is 5.90 Å². The third-order valence-corrected chi connectivity index (χ3v) is 3.93. The number of piperazine rings is 1. The van der Waals surface area contributed by atoms with Crippen molar-refractivity contribution in [3.05, 3.63) is 41.3 Å². The Labute approximate surface area is 190 Å². The SMILES string of the molecule is NC/C(N)=C(\O)[N-]Nc1ccc(N2CCN(CCON)CC2)cc1.[K+]. The Hall–Kier alpha value is -0.564. The Kier molecular flexibility index (Phi) is 10.7. The molecule has 1 aliphatic heterocycles. The van der Waals surface area contributed by atoms with Crippen molar-refractivity contribution in [2.75, 3.05) is 56.2 Å². The van der Waals surface area contributed by atoms with Gasteiger partial charge in [0.1, 0.15) is 0 Å². The molecule has 1 fully saturated rings. The number of nitrogens with two attached hydrogens (primary N) is 3. The van der Waals surface area contributed by atoms with E-state index in [2.05, 4.69) is 25.5 Å². The van der Waals surface area contributed by atoms with Crippen LogP contribution in [0, 0.1) is 0 Å². The minimum Gasteiger partial charge on any atom is -0.566 e. The number of rotatable bonds is 8. The smallest absolute Gasteiger partial charge is 0.566 e. The zero-order chi connectivity index (χ0) is 17.4. The zero-order valence-corrected chi connectivity index (χ0v) is 17.8. The van der Waals surface area contributed by atoms with Gasteiger partial charge in [-0.2, -0.15) is 0 Å². The molecule has 0 amide bonds. The van der Waals surface area contributed by atoms with Crippen LogP contribution in [-0.2, 0) is 4.84 Å². The van der Waals surface area contributed by atoms with E-state index in [4.69, 9.17) is 17.4 Å². The Bertz CT molecular complexity index is 533. The molecule has 1 aliphatic rings. The van der Waals surface area contributed by atoms with Gasteiger partial charge >= 0.3 is 51.4 Å². The van der Waals surface area contributed by atoms with Gasteiger partial charge in [0.25, 0.3) is 0 Å². The summed E-state index contributed by atoms with van der Waals surface area (Å²) in [6.45, 7) is 5.35. The van der Waals surface area contributed by atoms with E-state index in [1.54, 1.807) is 0 Å². The molecule has 0 atom stereocenters. The largest absolute Gasteiger partial charge is 1.00 e. The minimum atomic E-state index is -0.292. The summed E-state index contributed by atoms with van der Waals surface area (Å²) in [5.41, 5.74) is 19.4. The molecule has 0 unspecified atom stereocenters. The molecule has 8 N–H and O–H groups in total. The van der Waals surface area contributed by atoms with Gasteiger partial charge < -0.3 is 37.2 Å². The molecule has 0 saturated carbocycles. The second kappa shape index (κ2) is 11.9. The molecule has 9 nitrogen and oxygen atoms in total. The maximum atomic E-state index is 9.54. The van der Waals surface area contributed by atoms with Gasteiger partial charge in [-0.15, -0.1) is 0 Å². The summed E-state index contributed by atoms with van der Waals surface area (Å²) in [4.78, 5) is 9.28. The van der Waals surface area contributed by atoms with Crippen molar-refractivity contribution < 1.29 is 61.3 Å². The van der Waals surface area contributed by atoms with Crippen LogP contribution in [0.15, 0.2) is 35.8 Å². The first-order valence-corrected chi connectivity index (χ1v) is 7.87. The summed E-state index contributed by atoms with van der Waals surface area (Å²) in [5, 5.41) is 9.54. The fourth-order valence-corrected chi connectivity index (χ4v) is 2.44. The molecule has 0 spiro atoms. The van der Waals surface area contributed by atoms with Crippen LogP contribution in [0.2, 0.25) is 0 Å². The van der Waals surface area contributed by atoms with Crippen molar-refractivity contribution in [2.45, 2.75) is 0 Å². The van der Waals surface area contributed by atoms with Gasteiger partial charge in [0.15, 0.2) is 0 Å². The maximum Gasteiger partial charge on any atom is 1.00 e. The molecular formula is C15H26KN7O2. The molecule has 0 radical (unpaired) electrons. The molecule has 1 heterocycles. The van der Waals surface area contributed by atoms with E-state index in [1.165, 1.54) is 0 Å². The van der Waals surface area contributed by atoms with E-state index >= 15 is 0 Å². The zero-order valence-electron chi connectivity index (χ0n) is 14.7. The van der Waals surface area contributed by atoms with Crippen LogP contribution in [0.1, 0.15) is 0 Å². The maximum absolute atomic E-state index is 9.54. The molecular weight excluding hydrogens is 349 g/mol. The van der Waals surface area contributed by atoms with Crippen molar-refractivity contribution in [1.82, 2.24) is 4.90 Å². The minimum absolute atomic E-state index is 0. The van der Waals surface area contributed by atoms with Crippen LogP contribution in [0.4, 0.5) is 11.4 Å². The van der Waals surface area contributed by atoms with Gasteiger partial charge in [-0.1, -0.05) is 0 Å². The van der Waals surface area contributed by atoms with Crippen LogP contribution in [0.25, 0.3) is 5.43 Å². The van der Waals surface area contributed by atoms with Gasteiger partial charge in [-0.05, 0) is 24.3 Å². The van der Waals surface area contributed by atoms with Crippen LogP contribution < -0.4 is 79.1 Å². The van der Waals surface area contributed by atoms with Crippen molar-refractivity contribution in [2.24, 2.45) is 17.4 Å². The monoisotopic (exact) mass is 375 g/mol. The topological polar surface area (TPSA) is 140 Å². The molecule has 0 bridgehead atoms. The van der Waals surface area contributed by atoms with Crippen LogP contribution in [0.3, 0.4) is 0 Å². The number of anilines is 2. The van der Waals surface area contributed by atoms with Crippen molar-refractivity contribution in [3.63, 3.8) is 0 Å². The Morgan fingerprint density at radius 2 is 1.84 bits per heavy atom. The first-order chi connectivity index (χ1) is 11.6. The van der Waals surface area contributed by atoms with E-state index in [9.17, 15) is 5.11 Å². The van der Waals surface area contributed by atoms with E-state index in [0.717, 1.165) is 44.1 Å². The third kappa shape index (κ3) is 7.29. The molecule has 1 saturated heterocycles. The number of hydrogen-bond acceptors (Lipinski definition) is 8. The summed E-state index contributed by atoms with van der Waals surface area (Å²) >= 11 is 0. The Morgan fingerprint density at radius 1 is 1.20 bits per heavy atom. The Morgan fingerprint density at radius 3 is 2.40 bits per heavy atom. The number of nitrogens with one attached hydrogen (secondary N) is 1. The first-order valence-electron chi connectivity index (χ1n) is 7.87. The summed E-state index contributed by atoms with van der Waals surface area (Å²) in [5.74, 6) is 4.77. The number of hydrogen-bond donors (Lipinski definition) is 5. The van der Waals surface area contributed by atoms with Crippen LogP contribution in [0.5, 0.6) is 0 Å². The van der Waals surface area contributed by atoms with Gasteiger partial charge in [-0.3, -0.25) is 4.90 Å². The first kappa shape index (κ1) is 22.5. The average molecular weight is 376 g/mol. The quantitative estimate of drug-likeness (QED) is 0.185. The second-order valence-electron chi connectivity index (χ2n) is 5.52. The van der Waals surface area contributed by atoms with Crippen LogP contribution in [-0.4, -0.2) is 55.9 Å². The summed E-state index contributed by atoms with van der Waals surface area (Å²) in [6, 6.07) is 7.84. The second-order valence-corrected chi connectivity index (χ2v) is 5.52. The number of benzene rings is 1. The van der Waals surface area contributed by atoms with E-state index in [-0.39, 0.29) is 69.5 Å². The van der Waals surface area contributed by atoms with Crippen molar-refractivity contribution >= 4 is 11.4 Å². The fourth-order valence-electron chi connectivity index (χ4n) is 2.44. The summed E-state index contributed by atoms with van der Waals surface area (Å²) < 4.78 is 0. The predicted octanol–water partition coefficient (Wildman–Crippen LogP) is -2.95. The van der Waals surface area contributed by atoms with E-state index in [1.807, 2.05) is 24.3 Å². The standard InChI is InChI=1S/C15H26N7O2.K/c16-11-14(17)15(23)20-19-12-1-3-13(4-2-12)22-7-5-21(6-8-22)9-10-24-18;/h1-4,19,23H,5-11,16-18H2;/q-1;+1/b15-14+;. The third-order valence-electron chi connectivity index (χ3n) is 3.93. The van der Waals surface area contributed by atoms with E-state index < -0.39 is 0 Å². The van der Waals surface area contributed by atoms with Gasteiger partial charge in [0.05, 0.1) is 6.61 Å². The normalized spacial score (nSPS) is 16.0. The molecule has 0 aromatic heterocycles. The van der Waals surface area contributed by atoms with Crippen molar-refractivity contribution in [3.8, 4) is 0 Å². The van der Waals surface area contributed by atoms with Crippen LogP contribution >= 0.6 is 0 Å². The van der Waals surface area contributed by atoms with E-state index in [0.29, 0.717) is 6.61 Å². The summed E-state index contributed by atoms with van der Waals surface area (Å²) in [6.07, 6.45) is 0. The van der Waals surface area contributed by atoms with Gasteiger partial charge in [0.2, 0.25) is 0 Å². The molecule has 1 aromatic carbocycles. The fraction of sp³-hybridized carbons (Fsp3) is 0.467. The molecule has 1 aromatic rings. The number of aliphatic hydroxyl groups is 1.